The van der Waals surface area contributed by atoms with E-state index in [0.29, 0.717) is 5.95 Å². The fourth-order valence-corrected chi connectivity index (χ4v) is 3.51. The van der Waals surface area contributed by atoms with Gasteiger partial charge in [0.2, 0.25) is 5.95 Å². The molecule has 1 saturated heterocycles. The molecule has 0 atom stereocenters. The van der Waals surface area contributed by atoms with E-state index < -0.39 is 0 Å². The van der Waals surface area contributed by atoms with Crippen LogP contribution >= 0.6 is 0 Å². The fourth-order valence-electron chi connectivity index (χ4n) is 3.51. The molecule has 0 spiro atoms. The van der Waals surface area contributed by atoms with Gasteiger partial charge in [0.1, 0.15) is 5.82 Å². The van der Waals surface area contributed by atoms with Crippen LogP contribution < -0.4 is 10.6 Å². The summed E-state index contributed by atoms with van der Waals surface area (Å²) in [5.41, 5.74) is 8.32. The molecule has 1 aromatic heterocycles. The molecular weight excluding hydrogens is 534 g/mol. The third-order valence-corrected chi connectivity index (χ3v) is 5.02. The van der Waals surface area contributed by atoms with Crippen LogP contribution in [0.1, 0.15) is 36.9 Å². The van der Waals surface area contributed by atoms with Crippen LogP contribution in [0.25, 0.3) is 0 Å². The molecule has 132 valence electrons. The maximum atomic E-state index is 5.78. The first-order chi connectivity index (χ1) is 11.5. The minimum atomic E-state index is 0. The third-order valence-electron chi connectivity index (χ3n) is 5.02. The van der Waals surface area contributed by atoms with Gasteiger partial charge in [-0.25, -0.2) is 4.98 Å². The van der Waals surface area contributed by atoms with E-state index in [-0.39, 0.29) is 36.5 Å². The van der Waals surface area contributed by atoms with Crippen LogP contribution in [-0.2, 0) is 6.42 Å². The fraction of sp³-hybridized carbons (Fsp3) is 0.450. The summed E-state index contributed by atoms with van der Waals surface area (Å²) in [6, 6.07) is 12.7. The first kappa shape index (κ1) is 20.3. The van der Waals surface area contributed by atoms with Crippen LogP contribution in [0, 0.1) is 50.4 Å². The maximum absolute atomic E-state index is 5.78. The molecule has 0 aliphatic carbocycles. The quantitative estimate of drug-likeness (QED) is 0.565. The van der Waals surface area contributed by atoms with Gasteiger partial charge in [-0.15, -0.1) is 0 Å². The van der Waals surface area contributed by atoms with Crippen molar-refractivity contribution in [3.63, 3.8) is 0 Å². The number of nitrogens with two attached hydrogens (primary N) is 1. The van der Waals surface area contributed by atoms with Gasteiger partial charge in [-0.3, -0.25) is 0 Å². The van der Waals surface area contributed by atoms with E-state index in [4.69, 9.17) is 5.73 Å². The van der Waals surface area contributed by atoms with Gasteiger partial charge < -0.3 is 17.6 Å². The van der Waals surface area contributed by atoms with E-state index >= 15 is 0 Å². The first-order valence-corrected chi connectivity index (χ1v) is 8.79. The summed E-state index contributed by atoms with van der Waals surface area (Å²) in [7, 11) is 0. The Balaban J connectivity index is 0.00000225. The number of hydrogen-bond acceptors (Lipinski definition) is 4. The minimum absolute atomic E-state index is 0. The largest absolute Gasteiger partial charge is 0.368 e. The molecule has 3 rings (SSSR count). The zero-order chi connectivity index (χ0) is 17.0. The maximum Gasteiger partial charge on any atom is 0.222 e. The predicted octanol–water partition coefficient (Wildman–Crippen LogP) is 3.81. The standard InChI is InChI=1S/C20H27N4.U/c1-16-15-18(23-19(21)22-16)24-13-11-20(2,12-14-24)10-6-9-17-7-4-3-5-8-17;/h3-5,7-8,15H,2,6,9-14H2,1H3,(H2,21,22,23);/q-1;. The molecule has 2 aromatic rings. The summed E-state index contributed by atoms with van der Waals surface area (Å²) >= 11 is 0. The number of benzene rings is 1. The summed E-state index contributed by atoms with van der Waals surface area (Å²) in [5, 5.41) is 0. The predicted molar refractivity (Wildman–Crippen MR) is 99.8 cm³/mol. The number of rotatable bonds is 5. The smallest absolute Gasteiger partial charge is 0.222 e. The summed E-state index contributed by atoms with van der Waals surface area (Å²) in [6.07, 6.45) is 5.73. The van der Waals surface area contributed by atoms with E-state index in [1.165, 1.54) is 18.4 Å². The van der Waals surface area contributed by atoms with Crippen molar-refractivity contribution in [2.45, 2.75) is 39.0 Å². The molecule has 0 saturated carbocycles. The second-order valence-corrected chi connectivity index (χ2v) is 7.05. The van der Waals surface area contributed by atoms with E-state index in [0.717, 1.165) is 43.9 Å². The summed E-state index contributed by atoms with van der Waals surface area (Å²) in [6.45, 7) is 8.48. The van der Waals surface area contributed by atoms with Gasteiger partial charge in [0.05, 0.1) is 0 Å². The van der Waals surface area contributed by atoms with Crippen molar-refractivity contribution in [2.24, 2.45) is 5.41 Å². The van der Waals surface area contributed by atoms with Crippen LogP contribution in [-0.4, -0.2) is 23.1 Å². The van der Waals surface area contributed by atoms with E-state index in [9.17, 15) is 0 Å². The van der Waals surface area contributed by atoms with E-state index in [1.54, 1.807) is 0 Å². The van der Waals surface area contributed by atoms with Crippen LogP contribution in [0.3, 0.4) is 0 Å². The molecule has 2 heterocycles. The van der Waals surface area contributed by atoms with Crippen molar-refractivity contribution in [2.75, 3.05) is 23.7 Å². The van der Waals surface area contributed by atoms with Crippen molar-refractivity contribution in [1.82, 2.24) is 9.97 Å². The topological polar surface area (TPSA) is 55.0 Å². The van der Waals surface area contributed by atoms with Gasteiger partial charge >= 0.3 is 0 Å². The molecule has 5 heteroatoms. The van der Waals surface area contributed by atoms with Crippen molar-refractivity contribution in [1.29, 1.82) is 0 Å². The Kier molecular flexibility index (Phi) is 7.34. The van der Waals surface area contributed by atoms with E-state index in [1.807, 2.05) is 13.0 Å². The Morgan fingerprint density at radius 1 is 1.16 bits per heavy atom. The zero-order valence-electron chi connectivity index (χ0n) is 15.0. The second kappa shape index (κ2) is 9.05. The second-order valence-electron chi connectivity index (χ2n) is 7.05. The molecule has 0 bridgehead atoms. The van der Waals surface area contributed by atoms with Crippen molar-refractivity contribution < 1.29 is 31.1 Å². The Labute approximate surface area is 175 Å². The number of nitrogen functional groups attached to an aromatic ring is 1. The van der Waals surface area contributed by atoms with Crippen molar-refractivity contribution in [3.8, 4) is 0 Å². The zero-order valence-corrected chi connectivity index (χ0v) is 19.2. The first-order valence-electron chi connectivity index (χ1n) is 8.79. The summed E-state index contributed by atoms with van der Waals surface area (Å²) < 4.78 is 0. The van der Waals surface area contributed by atoms with Gasteiger partial charge in [-0.2, -0.15) is 10.4 Å². The molecule has 0 amide bonds. The Hall–Kier alpha value is -1.05. The SMILES string of the molecule is [CH2-]C1(CCCc2ccccc2)CCN(c2cc(C)nc(N)n2)CC1.[U]. The Morgan fingerprint density at radius 3 is 2.48 bits per heavy atom. The molecule has 1 fully saturated rings. The van der Waals surface area contributed by atoms with Crippen molar-refractivity contribution >= 4 is 11.8 Å². The summed E-state index contributed by atoms with van der Waals surface area (Å²) in [5.74, 6) is 1.31. The van der Waals surface area contributed by atoms with Crippen LogP contribution in [0.2, 0.25) is 0 Å². The van der Waals surface area contributed by atoms with Gasteiger partial charge in [0, 0.05) is 56.0 Å². The van der Waals surface area contributed by atoms with Gasteiger partial charge in [0.15, 0.2) is 0 Å². The molecular formula is C20H27N4U-. The minimum Gasteiger partial charge on any atom is -0.368 e. The van der Waals surface area contributed by atoms with Crippen LogP contribution in [0.15, 0.2) is 36.4 Å². The number of anilines is 2. The number of aromatic nitrogens is 2. The third kappa shape index (κ3) is 5.72. The average molecular weight is 561 g/mol. The molecule has 25 heavy (non-hydrogen) atoms. The molecule has 1 aliphatic rings. The summed E-state index contributed by atoms with van der Waals surface area (Å²) in [4.78, 5) is 10.8. The molecule has 1 aromatic carbocycles. The van der Waals surface area contributed by atoms with Gasteiger partial charge in [-0.05, 0) is 18.9 Å². The molecule has 0 unspecified atom stereocenters. The molecule has 0 radical (unpaired) electrons. The van der Waals surface area contributed by atoms with E-state index in [2.05, 4.69) is 52.1 Å². The number of piperidine rings is 1. The monoisotopic (exact) mass is 561 g/mol. The van der Waals surface area contributed by atoms with Crippen LogP contribution in [0.5, 0.6) is 0 Å². The Bertz CT molecular complexity index is 646. The van der Waals surface area contributed by atoms with Crippen LogP contribution in [0.4, 0.5) is 11.8 Å². The Morgan fingerprint density at radius 2 is 1.84 bits per heavy atom. The number of aryl methyl sites for hydroxylation is 2. The van der Waals surface area contributed by atoms with Crippen molar-refractivity contribution in [3.05, 3.63) is 54.6 Å². The number of nitrogens with zero attached hydrogens (tertiary/aromatic N) is 3. The number of hydrogen-bond donors (Lipinski definition) is 1. The average Bonchev–Trinajstić information content (AvgIpc) is 2.55. The van der Waals surface area contributed by atoms with Gasteiger partial charge in [0.25, 0.3) is 0 Å². The van der Waals surface area contributed by atoms with Gasteiger partial charge in [-0.1, -0.05) is 56.0 Å². The normalized spacial score (nSPS) is 16.3. The molecule has 4 nitrogen and oxygen atoms in total. The molecule has 1 aliphatic heterocycles. The molecule has 2 N–H and O–H groups in total.